The van der Waals surface area contributed by atoms with Crippen LogP contribution in [0.2, 0.25) is 0 Å². The average Bonchev–Trinajstić information content (AvgIpc) is 3.20. The first kappa shape index (κ1) is 13.9. The van der Waals surface area contributed by atoms with Crippen LogP contribution in [0, 0.1) is 6.92 Å². The Balaban J connectivity index is 1.57. The van der Waals surface area contributed by atoms with E-state index in [0.717, 1.165) is 23.9 Å². The Morgan fingerprint density at radius 3 is 2.96 bits per heavy atom. The number of amides is 1. The summed E-state index contributed by atoms with van der Waals surface area (Å²) in [6.45, 7) is 2.98. The minimum Gasteiger partial charge on any atom is -0.440 e. The van der Waals surface area contributed by atoms with Crippen molar-refractivity contribution in [1.29, 1.82) is 0 Å². The Labute approximate surface area is 132 Å². The van der Waals surface area contributed by atoms with Gasteiger partial charge in [-0.25, -0.2) is 9.61 Å². The number of carbonyl (C=O) groups excluding carboxylic acids is 1. The molecule has 7 nitrogen and oxygen atoms in total. The molecule has 0 aliphatic carbocycles. The van der Waals surface area contributed by atoms with Crippen LogP contribution in [0.4, 0.5) is 0 Å². The number of aryl methyl sites for hydroxylation is 1. The molecule has 0 unspecified atom stereocenters. The first-order valence-corrected chi connectivity index (χ1v) is 7.66. The van der Waals surface area contributed by atoms with Crippen LogP contribution < -0.4 is 0 Å². The first-order valence-electron chi connectivity index (χ1n) is 7.66. The SMILES string of the molecule is Cc1nonc1C(=O)N1CCC[C@@H](c2nc3ccccc3o2)C1. The smallest absolute Gasteiger partial charge is 0.278 e. The minimum atomic E-state index is -0.149. The third-order valence-corrected chi connectivity index (χ3v) is 4.22. The third kappa shape index (κ3) is 2.48. The molecule has 1 aromatic carbocycles. The fraction of sp³-hybridized carbons (Fsp3) is 0.375. The quantitative estimate of drug-likeness (QED) is 0.723. The van der Waals surface area contributed by atoms with Gasteiger partial charge in [0, 0.05) is 13.1 Å². The summed E-state index contributed by atoms with van der Waals surface area (Å²) >= 11 is 0. The number of fused-ring (bicyclic) bond motifs is 1. The molecule has 4 rings (SSSR count). The molecular weight excluding hydrogens is 296 g/mol. The first-order chi connectivity index (χ1) is 11.2. The van der Waals surface area contributed by atoms with Gasteiger partial charge >= 0.3 is 0 Å². The van der Waals surface area contributed by atoms with Crippen molar-refractivity contribution in [2.75, 3.05) is 13.1 Å². The van der Waals surface area contributed by atoms with Crippen molar-refractivity contribution in [3.63, 3.8) is 0 Å². The lowest BCUT2D eigenvalue weighted by Gasteiger charge is -2.30. The molecule has 0 N–H and O–H groups in total. The van der Waals surface area contributed by atoms with E-state index in [-0.39, 0.29) is 17.5 Å². The number of oxazole rings is 1. The van der Waals surface area contributed by atoms with E-state index in [9.17, 15) is 4.79 Å². The highest BCUT2D eigenvalue weighted by molar-refractivity contribution is 5.93. The zero-order valence-corrected chi connectivity index (χ0v) is 12.7. The number of rotatable bonds is 2. The molecule has 0 spiro atoms. The van der Waals surface area contributed by atoms with E-state index in [2.05, 4.69) is 19.9 Å². The molecule has 0 saturated carbocycles. The van der Waals surface area contributed by atoms with Gasteiger partial charge in [0.1, 0.15) is 11.2 Å². The van der Waals surface area contributed by atoms with Gasteiger partial charge in [0.25, 0.3) is 5.91 Å². The number of benzene rings is 1. The molecule has 0 bridgehead atoms. The van der Waals surface area contributed by atoms with Gasteiger partial charge in [0.05, 0.1) is 5.92 Å². The summed E-state index contributed by atoms with van der Waals surface area (Å²) in [6.07, 6.45) is 1.85. The maximum atomic E-state index is 12.5. The number of likely N-dealkylation sites (tertiary alicyclic amines) is 1. The van der Waals surface area contributed by atoms with Crippen LogP contribution >= 0.6 is 0 Å². The van der Waals surface area contributed by atoms with E-state index < -0.39 is 0 Å². The van der Waals surface area contributed by atoms with Gasteiger partial charge in [-0.05, 0) is 37.1 Å². The number of nitrogens with zero attached hydrogens (tertiary/aromatic N) is 4. The van der Waals surface area contributed by atoms with Crippen molar-refractivity contribution in [3.05, 3.63) is 41.5 Å². The molecule has 2 aromatic heterocycles. The van der Waals surface area contributed by atoms with Crippen molar-refractivity contribution in [1.82, 2.24) is 20.2 Å². The van der Waals surface area contributed by atoms with Gasteiger partial charge in [0.15, 0.2) is 17.2 Å². The van der Waals surface area contributed by atoms with Gasteiger partial charge in [-0.15, -0.1) is 0 Å². The normalized spacial score (nSPS) is 18.5. The highest BCUT2D eigenvalue weighted by Crippen LogP contribution is 2.29. The van der Waals surface area contributed by atoms with Crippen molar-refractivity contribution in [2.45, 2.75) is 25.7 Å². The van der Waals surface area contributed by atoms with Gasteiger partial charge in [-0.2, -0.15) is 0 Å². The highest BCUT2D eigenvalue weighted by atomic mass is 16.6. The summed E-state index contributed by atoms with van der Waals surface area (Å²) < 4.78 is 10.5. The molecule has 1 fully saturated rings. The van der Waals surface area contributed by atoms with E-state index in [0.29, 0.717) is 24.7 Å². The van der Waals surface area contributed by atoms with E-state index in [4.69, 9.17) is 4.42 Å². The fourth-order valence-electron chi connectivity index (χ4n) is 3.00. The Hall–Kier alpha value is -2.70. The fourth-order valence-corrected chi connectivity index (χ4v) is 3.00. The summed E-state index contributed by atoms with van der Waals surface area (Å²) in [5, 5.41) is 7.38. The zero-order valence-electron chi connectivity index (χ0n) is 12.7. The van der Waals surface area contributed by atoms with Gasteiger partial charge in [-0.1, -0.05) is 17.3 Å². The molecule has 1 atom stereocenters. The number of para-hydroxylation sites is 2. The second-order valence-corrected chi connectivity index (χ2v) is 5.81. The third-order valence-electron chi connectivity index (χ3n) is 4.22. The number of carbonyl (C=O) groups is 1. The van der Waals surface area contributed by atoms with E-state index in [1.165, 1.54) is 0 Å². The highest BCUT2D eigenvalue weighted by Gasteiger charge is 2.30. The van der Waals surface area contributed by atoms with Crippen molar-refractivity contribution < 1.29 is 13.8 Å². The van der Waals surface area contributed by atoms with E-state index >= 15 is 0 Å². The molecular formula is C16H16N4O3. The van der Waals surface area contributed by atoms with Crippen LogP contribution in [-0.2, 0) is 0 Å². The molecule has 23 heavy (non-hydrogen) atoms. The zero-order chi connectivity index (χ0) is 15.8. The number of hydrogen-bond donors (Lipinski definition) is 0. The largest absolute Gasteiger partial charge is 0.440 e. The van der Waals surface area contributed by atoms with Crippen LogP contribution in [0.5, 0.6) is 0 Å². The van der Waals surface area contributed by atoms with Crippen molar-refractivity contribution in [3.8, 4) is 0 Å². The van der Waals surface area contributed by atoms with Gasteiger partial charge < -0.3 is 9.32 Å². The lowest BCUT2D eigenvalue weighted by atomic mass is 9.97. The van der Waals surface area contributed by atoms with Crippen LogP contribution in [0.15, 0.2) is 33.3 Å². The summed E-state index contributed by atoms with van der Waals surface area (Å²) in [5.74, 6) is 0.642. The minimum absolute atomic E-state index is 0.0975. The van der Waals surface area contributed by atoms with Gasteiger partial charge in [0.2, 0.25) is 0 Å². The Morgan fingerprint density at radius 2 is 2.17 bits per heavy atom. The molecule has 1 amide bonds. The lowest BCUT2D eigenvalue weighted by molar-refractivity contribution is 0.0687. The Bertz CT molecular complexity index is 821. The predicted octanol–water partition coefficient (Wildman–Crippen LogP) is 2.54. The summed E-state index contributed by atoms with van der Waals surface area (Å²) in [7, 11) is 0. The monoisotopic (exact) mass is 312 g/mol. The molecule has 3 heterocycles. The summed E-state index contributed by atoms with van der Waals surface area (Å²) in [4.78, 5) is 18.9. The molecule has 3 aromatic rings. The van der Waals surface area contributed by atoms with Crippen LogP contribution in [0.3, 0.4) is 0 Å². The van der Waals surface area contributed by atoms with Crippen molar-refractivity contribution >= 4 is 17.0 Å². The predicted molar refractivity (Wildman–Crippen MR) is 80.9 cm³/mol. The number of aromatic nitrogens is 3. The molecule has 1 aliphatic heterocycles. The Kier molecular flexibility index (Phi) is 3.33. The number of piperidine rings is 1. The van der Waals surface area contributed by atoms with Crippen LogP contribution in [0.1, 0.15) is 40.8 Å². The van der Waals surface area contributed by atoms with E-state index in [1.807, 2.05) is 24.3 Å². The average molecular weight is 312 g/mol. The molecule has 1 saturated heterocycles. The van der Waals surface area contributed by atoms with Crippen molar-refractivity contribution in [2.24, 2.45) is 0 Å². The molecule has 0 radical (unpaired) electrons. The maximum absolute atomic E-state index is 12.5. The second-order valence-electron chi connectivity index (χ2n) is 5.81. The van der Waals surface area contributed by atoms with Crippen LogP contribution in [-0.4, -0.2) is 39.2 Å². The topological polar surface area (TPSA) is 85.3 Å². The molecule has 118 valence electrons. The molecule has 7 heteroatoms. The standard InChI is InChI=1S/C16H16N4O3/c1-10-14(19-23-18-10)16(21)20-8-4-5-11(9-20)15-17-12-6-2-3-7-13(12)22-15/h2-3,6-7,11H,4-5,8-9H2,1H3/t11-/m1/s1. The maximum Gasteiger partial charge on any atom is 0.278 e. The summed E-state index contributed by atoms with van der Waals surface area (Å²) in [6, 6.07) is 7.69. The summed E-state index contributed by atoms with van der Waals surface area (Å²) in [5.41, 5.74) is 2.42. The second kappa shape index (κ2) is 5.49. The van der Waals surface area contributed by atoms with Crippen LogP contribution in [0.25, 0.3) is 11.1 Å². The lowest BCUT2D eigenvalue weighted by Crippen LogP contribution is -2.39. The van der Waals surface area contributed by atoms with Gasteiger partial charge in [-0.3, -0.25) is 4.79 Å². The number of hydrogen-bond acceptors (Lipinski definition) is 6. The Morgan fingerprint density at radius 1 is 1.30 bits per heavy atom. The molecule has 1 aliphatic rings. The van der Waals surface area contributed by atoms with E-state index in [1.54, 1.807) is 11.8 Å².